The zero-order valence-corrected chi connectivity index (χ0v) is 10.5. The maximum atomic E-state index is 11.7. The molecule has 0 bridgehead atoms. The second kappa shape index (κ2) is 4.66. The fourth-order valence-electron chi connectivity index (χ4n) is 1.60. The number of ketones is 2. The van der Waals surface area contributed by atoms with Crippen molar-refractivity contribution in [3.63, 3.8) is 0 Å². The van der Waals surface area contributed by atoms with Gasteiger partial charge in [-0.05, 0) is 30.4 Å². The van der Waals surface area contributed by atoms with Crippen molar-refractivity contribution in [2.45, 2.75) is 0 Å². The first-order valence-corrected chi connectivity index (χ1v) is 5.71. The summed E-state index contributed by atoms with van der Waals surface area (Å²) in [4.78, 5) is 33.3. The molecule has 0 heterocycles. The van der Waals surface area contributed by atoms with Crippen LogP contribution in [0.2, 0.25) is 0 Å². The van der Waals surface area contributed by atoms with E-state index in [2.05, 4.69) is 15.9 Å². The molecule has 18 heavy (non-hydrogen) atoms. The number of carbonyl (C=O) groups is 2. The van der Waals surface area contributed by atoms with Gasteiger partial charge in [0.1, 0.15) is 0 Å². The van der Waals surface area contributed by atoms with Crippen LogP contribution in [0.4, 0.5) is 5.69 Å². The molecule has 1 aromatic rings. The van der Waals surface area contributed by atoms with Crippen LogP contribution in [0.15, 0.2) is 40.9 Å². The van der Waals surface area contributed by atoms with Gasteiger partial charge in [0.15, 0.2) is 11.6 Å². The first-order chi connectivity index (χ1) is 8.49. The SMILES string of the molecule is O=C1C=CC(=O)C(c2ccc(Br)cc2[N+](=O)[O-])=C1. The third-order valence-electron chi connectivity index (χ3n) is 2.40. The van der Waals surface area contributed by atoms with E-state index in [-0.39, 0.29) is 22.6 Å². The Morgan fingerprint density at radius 2 is 1.89 bits per heavy atom. The summed E-state index contributed by atoms with van der Waals surface area (Å²) in [6, 6.07) is 4.32. The normalized spacial score (nSPS) is 14.6. The lowest BCUT2D eigenvalue weighted by molar-refractivity contribution is -0.385. The smallest absolute Gasteiger partial charge is 0.278 e. The number of hydrogen-bond acceptors (Lipinski definition) is 4. The Bertz CT molecular complexity index is 631. The van der Waals surface area contributed by atoms with Crippen LogP contribution in [-0.2, 0) is 9.59 Å². The molecule has 0 saturated heterocycles. The molecule has 0 saturated carbocycles. The molecule has 0 atom stereocenters. The molecule has 0 aromatic heterocycles. The van der Waals surface area contributed by atoms with E-state index >= 15 is 0 Å². The Morgan fingerprint density at radius 1 is 1.17 bits per heavy atom. The average Bonchev–Trinajstić information content (AvgIpc) is 2.32. The Hall–Kier alpha value is -2.08. The van der Waals surface area contributed by atoms with Crippen molar-refractivity contribution < 1.29 is 14.5 Å². The van der Waals surface area contributed by atoms with Crippen molar-refractivity contribution in [3.8, 4) is 0 Å². The van der Waals surface area contributed by atoms with Gasteiger partial charge in [-0.15, -0.1) is 0 Å². The zero-order valence-electron chi connectivity index (χ0n) is 8.92. The minimum absolute atomic E-state index is 0.0432. The lowest BCUT2D eigenvalue weighted by Crippen LogP contribution is -2.08. The average molecular weight is 308 g/mol. The van der Waals surface area contributed by atoms with Crippen LogP contribution in [0, 0.1) is 10.1 Å². The predicted octanol–water partition coefficient (Wildman–Crippen LogP) is 2.45. The van der Waals surface area contributed by atoms with Crippen LogP contribution in [0.1, 0.15) is 5.56 Å². The molecule has 0 unspecified atom stereocenters. The highest BCUT2D eigenvalue weighted by Gasteiger charge is 2.23. The third-order valence-corrected chi connectivity index (χ3v) is 2.89. The van der Waals surface area contributed by atoms with Crippen molar-refractivity contribution in [2.24, 2.45) is 0 Å². The van der Waals surface area contributed by atoms with Crippen LogP contribution in [0.25, 0.3) is 5.57 Å². The van der Waals surface area contributed by atoms with E-state index in [1.165, 1.54) is 12.1 Å². The van der Waals surface area contributed by atoms with Crippen molar-refractivity contribution in [1.29, 1.82) is 0 Å². The zero-order chi connectivity index (χ0) is 13.3. The summed E-state index contributed by atoms with van der Waals surface area (Å²) in [5, 5.41) is 10.9. The number of rotatable bonds is 2. The second-order valence-corrected chi connectivity index (χ2v) is 4.49. The van der Waals surface area contributed by atoms with Crippen LogP contribution < -0.4 is 0 Å². The summed E-state index contributed by atoms with van der Waals surface area (Å²) in [6.07, 6.45) is 3.36. The summed E-state index contributed by atoms with van der Waals surface area (Å²) >= 11 is 3.13. The highest BCUT2D eigenvalue weighted by molar-refractivity contribution is 9.10. The summed E-state index contributed by atoms with van der Waals surface area (Å²) in [7, 11) is 0. The van der Waals surface area contributed by atoms with Gasteiger partial charge in [0.05, 0.1) is 10.5 Å². The quantitative estimate of drug-likeness (QED) is 0.477. The maximum absolute atomic E-state index is 11.7. The van der Waals surface area contributed by atoms with E-state index < -0.39 is 10.7 Å². The van der Waals surface area contributed by atoms with E-state index in [1.807, 2.05) is 0 Å². The number of allylic oxidation sites excluding steroid dienone is 4. The number of carbonyl (C=O) groups excluding carboxylic acids is 2. The van der Waals surface area contributed by atoms with Gasteiger partial charge in [-0.2, -0.15) is 0 Å². The number of halogens is 1. The molecule has 0 radical (unpaired) electrons. The van der Waals surface area contributed by atoms with Crippen LogP contribution in [0.3, 0.4) is 0 Å². The van der Waals surface area contributed by atoms with Crippen molar-refractivity contribution in [2.75, 3.05) is 0 Å². The molecule has 0 fully saturated rings. The maximum Gasteiger partial charge on any atom is 0.278 e. The minimum atomic E-state index is -0.586. The van der Waals surface area contributed by atoms with Gasteiger partial charge in [-0.1, -0.05) is 15.9 Å². The van der Waals surface area contributed by atoms with Gasteiger partial charge in [-0.25, -0.2) is 0 Å². The van der Waals surface area contributed by atoms with Crippen molar-refractivity contribution >= 4 is 38.8 Å². The highest BCUT2D eigenvalue weighted by atomic mass is 79.9. The van der Waals surface area contributed by atoms with E-state index in [9.17, 15) is 19.7 Å². The molecule has 0 aliphatic heterocycles. The van der Waals surface area contributed by atoms with Crippen LogP contribution in [-0.4, -0.2) is 16.5 Å². The Balaban J connectivity index is 2.61. The van der Waals surface area contributed by atoms with Gasteiger partial charge < -0.3 is 0 Å². The first kappa shape index (κ1) is 12.4. The van der Waals surface area contributed by atoms with Gasteiger partial charge in [0, 0.05) is 16.1 Å². The van der Waals surface area contributed by atoms with Crippen LogP contribution >= 0.6 is 15.9 Å². The van der Waals surface area contributed by atoms with E-state index in [1.54, 1.807) is 6.07 Å². The van der Waals surface area contributed by atoms with Crippen LogP contribution in [0.5, 0.6) is 0 Å². The highest BCUT2D eigenvalue weighted by Crippen LogP contribution is 2.30. The summed E-state index contributed by atoms with van der Waals surface area (Å²) in [6.45, 7) is 0. The largest absolute Gasteiger partial charge is 0.290 e. The molecular formula is C12H6BrNO4. The fraction of sp³-hybridized carbons (Fsp3) is 0. The summed E-state index contributed by atoms with van der Waals surface area (Å²) in [5.74, 6) is -0.776. The standard InChI is InChI=1S/C12H6BrNO4/c13-7-1-3-9(11(5-7)14(17)18)10-6-8(15)2-4-12(10)16/h1-6H. The molecule has 0 amide bonds. The fourth-order valence-corrected chi connectivity index (χ4v) is 1.95. The molecular weight excluding hydrogens is 302 g/mol. The lowest BCUT2D eigenvalue weighted by atomic mass is 9.95. The van der Waals surface area contributed by atoms with E-state index in [4.69, 9.17) is 0 Å². The number of benzene rings is 1. The molecule has 5 nitrogen and oxygen atoms in total. The number of nitrogens with zero attached hydrogens (tertiary/aromatic N) is 1. The van der Waals surface area contributed by atoms with Crippen molar-refractivity contribution in [1.82, 2.24) is 0 Å². The molecule has 0 spiro atoms. The number of nitro benzene ring substituents is 1. The van der Waals surface area contributed by atoms with Gasteiger partial charge >= 0.3 is 0 Å². The first-order valence-electron chi connectivity index (χ1n) is 4.91. The second-order valence-electron chi connectivity index (χ2n) is 3.58. The Labute approximate surface area is 110 Å². The number of nitro groups is 1. The molecule has 1 aliphatic rings. The molecule has 1 aliphatic carbocycles. The van der Waals surface area contributed by atoms with Gasteiger partial charge in [-0.3, -0.25) is 19.7 Å². The Morgan fingerprint density at radius 3 is 2.56 bits per heavy atom. The third kappa shape index (κ3) is 2.28. The molecule has 6 heteroatoms. The van der Waals surface area contributed by atoms with Gasteiger partial charge in [0.25, 0.3) is 5.69 Å². The summed E-state index contributed by atoms with van der Waals surface area (Å²) in [5.41, 5.74) is -0.0281. The topological polar surface area (TPSA) is 77.3 Å². The van der Waals surface area contributed by atoms with E-state index in [0.29, 0.717) is 4.47 Å². The van der Waals surface area contributed by atoms with Gasteiger partial charge in [0.2, 0.25) is 0 Å². The number of hydrogen-bond donors (Lipinski definition) is 0. The van der Waals surface area contributed by atoms with Crippen molar-refractivity contribution in [3.05, 3.63) is 56.6 Å². The van der Waals surface area contributed by atoms with E-state index in [0.717, 1.165) is 18.2 Å². The molecule has 2 rings (SSSR count). The monoisotopic (exact) mass is 307 g/mol. The molecule has 1 aromatic carbocycles. The Kier molecular flexibility index (Phi) is 3.20. The molecule has 90 valence electrons. The summed E-state index contributed by atoms with van der Waals surface area (Å²) < 4.78 is 0.531. The minimum Gasteiger partial charge on any atom is -0.290 e. The molecule has 0 N–H and O–H groups in total. The lowest BCUT2D eigenvalue weighted by Gasteiger charge is -2.07. The predicted molar refractivity (Wildman–Crippen MR) is 67.9 cm³/mol.